The largest absolute Gasteiger partial charge is 0.359 e. The number of benzene rings is 2. The first kappa shape index (κ1) is 13.5. The fourth-order valence-electron chi connectivity index (χ4n) is 3.03. The van der Waals surface area contributed by atoms with Gasteiger partial charge in [0.05, 0.1) is 18.2 Å². The summed E-state index contributed by atoms with van der Waals surface area (Å²) in [6, 6.07) is 17.4. The molecule has 0 bridgehead atoms. The average molecular weight is 307 g/mol. The molecule has 1 aliphatic heterocycles. The van der Waals surface area contributed by atoms with Gasteiger partial charge in [0.15, 0.2) is 0 Å². The zero-order valence-corrected chi connectivity index (χ0v) is 12.1. The van der Waals surface area contributed by atoms with Crippen LogP contribution >= 0.6 is 0 Å². The fraction of sp³-hybridized carbons (Fsp3) is 0.118. The van der Waals surface area contributed by atoms with Gasteiger partial charge in [-0.1, -0.05) is 48.5 Å². The van der Waals surface area contributed by atoms with Crippen molar-refractivity contribution in [2.75, 3.05) is 0 Å². The standard InChI is InChI=1S/C17H13N3O3/c21-15-11-14(12-7-3-1-4-8-12)19-16(22)18(17(23)20(15)19)13-9-5-2-6-10-13/h1-10,14H,11H2. The molecule has 1 unspecified atom stereocenters. The summed E-state index contributed by atoms with van der Waals surface area (Å²) in [7, 11) is 0. The van der Waals surface area contributed by atoms with Crippen molar-refractivity contribution < 1.29 is 4.79 Å². The zero-order chi connectivity index (χ0) is 16.0. The molecular weight excluding hydrogens is 294 g/mol. The first-order chi connectivity index (χ1) is 11.2. The second kappa shape index (κ2) is 4.95. The lowest BCUT2D eigenvalue weighted by molar-refractivity contribution is 0.0910. The highest BCUT2D eigenvalue weighted by Gasteiger charge is 2.35. The Morgan fingerprint density at radius 3 is 2.04 bits per heavy atom. The summed E-state index contributed by atoms with van der Waals surface area (Å²) in [6.45, 7) is 0. The molecule has 6 heteroatoms. The first-order valence-corrected chi connectivity index (χ1v) is 7.28. The van der Waals surface area contributed by atoms with Crippen LogP contribution in [0.25, 0.3) is 5.69 Å². The van der Waals surface area contributed by atoms with Crippen LogP contribution in [0, 0.1) is 0 Å². The lowest BCUT2D eigenvalue weighted by Crippen LogP contribution is -2.30. The Balaban J connectivity index is 1.98. The number of fused-ring (bicyclic) bond motifs is 1. The molecule has 3 aromatic rings. The topological polar surface area (TPSA) is 66.0 Å². The molecule has 0 saturated heterocycles. The summed E-state index contributed by atoms with van der Waals surface area (Å²) in [6.07, 6.45) is 0.115. The molecule has 2 heterocycles. The predicted molar refractivity (Wildman–Crippen MR) is 84.1 cm³/mol. The number of hydrogen-bond donors (Lipinski definition) is 0. The molecule has 2 aromatic carbocycles. The maximum atomic E-state index is 12.8. The monoisotopic (exact) mass is 307 g/mol. The van der Waals surface area contributed by atoms with Crippen molar-refractivity contribution in [2.24, 2.45) is 0 Å². The Hall–Kier alpha value is -3.15. The van der Waals surface area contributed by atoms with Crippen molar-refractivity contribution >= 4 is 5.91 Å². The van der Waals surface area contributed by atoms with E-state index < -0.39 is 17.4 Å². The highest BCUT2D eigenvalue weighted by molar-refractivity contribution is 5.80. The number of rotatable bonds is 2. The molecule has 0 fully saturated rings. The minimum Gasteiger partial charge on any atom is -0.272 e. The van der Waals surface area contributed by atoms with Crippen molar-refractivity contribution in [2.45, 2.75) is 12.5 Å². The summed E-state index contributed by atoms with van der Waals surface area (Å²) < 4.78 is 3.24. The minimum atomic E-state index is -0.621. The minimum absolute atomic E-state index is 0.115. The molecule has 1 atom stereocenters. The van der Waals surface area contributed by atoms with E-state index in [0.717, 1.165) is 14.8 Å². The Morgan fingerprint density at radius 1 is 0.783 bits per heavy atom. The Labute approximate surface area is 130 Å². The van der Waals surface area contributed by atoms with E-state index in [1.807, 2.05) is 30.3 Å². The van der Waals surface area contributed by atoms with E-state index in [0.29, 0.717) is 5.69 Å². The molecule has 114 valence electrons. The van der Waals surface area contributed by atoms with E-state index in [2.05, 4.69) is 0 Å². The van der Waals surface area contributed by atoms with Crippen molar-refractivity contribution in [1.82, 2.24) is 13.9 Å². The predicted octanol–water partition coefficient (Wildman–Crippen LogP) is 1.43. The van der Waals surface area contributed by atoms with Gasteiger partial charge in [-0.2, -0.15) is 4.68 Å². The van der Waals surface area contributed by atoms with Crippen molar-refractivity contribution in [3.8, 4) is 5.69 Å². The van der Waals surface area contributed by atoms with E-state index >= 15 is 0 Å². The van der Waals surface area contributed by atoms with Crippen LogP contribution in [0.3, 0.4) is 0 Å². The zero-order valence-electron chi connectivity index (χ0n) is 12.1. The van der Waals surface area contributed by atoms with Gasteiger partial charge in [-0.15, -0.1) is 0 Å². The Bertz CT molecular complexity index is 997. The van der Waals surface area contributed by atoms with Gasteiger partial charge in [-0.05, 0) is 17.7 Å². The van der Waals surface area contributed by atoms with E-state index in [1.165, 1.54) is 4.68 Å². The molecule has 23 heavy (non-hydrogen) atoms. The third-order valence-corrected chi connectivity index (χ3v) is 4.07. The number of aromatic nitrogens is 3. The molecule has 0 N–H and O–H groups in total. The van der Waals surface area contributed by atoms with Gasteiger partial charge >= 0.3 is 11.4 Å². The number of para-hydroxylation sites is 1. The quantitative estimate of drug-likeness (QED) is 0.719. The van der Waals surface area contributed by atoms with E-state index in [9.17, 15) is 14.4 Å². The van der Waals surface area contributed by atoms with Gasteiger partial charge in [-0.3, -0.25) is 4.79 Å². The van der Waals surface area contributed by atoms with Gasteiger partial charge in [0.25, 0.3) is 5.91 Å². The Morgan fingerprint density at radius 2 is 1.39 bits per heavy atom. The van der Waals surface area contributed by atoms with Crippen LogP contribution in [0.15, 0.2) is 70.3 Å². The van der Waals surface area contributed by atoms with Crippen LogP contribution in [0.2, 0.25) is 0 Å². The van der Waals surface area contributed by atoms with Crippen LogP contribution in [-0.2, 0) is 0 Å². The molecule has 4 rings (SSSR count). The number of nitrogens with zero attached hydrogens (tertiary/aromatic N) is 3. The second-order valence-electron chi connectivity index (χ2n) is 5.42. The van der Waals surface area contributed by atoms with Crippen LogP contribution in [0.4, 0.5) is 0 Å². The molecule has 1 aromatic heterocycles. The van der Waals surface area contributed by atoms with Gasteiger partial charge in [-0.25, -0.2) is 18.8 Å². The number of carbonyl (C=O) groups is 1. The number of hydrogen-bond acceptors (Lipinski definition) is 3. The molecule has 6 nitrogen and oxygen atoms in total. The molecule has 0 amide bonds. The van der Waals surface area contributed by atoms with Crippen LogP contribution in [-0.4, -0.2) is 19.8 Å². The smallest absolute Gasteiger partial charge is 0.272 e. The highest BCUT2D eigenvalue weighted by Crippen LogP contribution is 2.25. The summed E-state index contributed by atoms with van der Waals surface area (Å²) in [4.78, 5) is 37.6. The van der Waals surface area contributed by atoms with Crippen LogP contribution in [0.1, 0.15) is 22.8 Å². The lowest BCUT2D eigenvalue weighted by atomic mass is 10.1. The van der Waals surface area contributed by atoms with Crippen molar-refractivity contribution in [1.29, 1.82) is 0 Å². The van der Waals surface area contributed by atoms with Crippen molar-refractivity contribution in [3.05, 3.63) is 87.2 Å². The fourth-order valence-corrected chi connectivity index (χ4v) is 3.03. The van der Waals surface area contributed by atoms with Gasteiger partial charge in [0, 0.05) is 0 Å². The SMILES string of the molecule is O=C1CC(c2ccccc2)n2c(=O)n(-c3ccccc3)c(=O)n21. The maximum absolute atomic E-state index is 12.8. The number of carbonyl (C=O) groups excluding carboxylic acids is 1. The normalized spacial score (nSPS) is 16.5. The molecule has 1 aliphatic rings. The van der Waals surface area contributed by atoms with Crippen LogP contribution < -0.4 is 11.4 Å². The van der Waals surface area contributed by atoms with Gasteiger partial charge in [0.1, 0.15) is 0 Å². The third kappa shape index (κ3) is 1.92. The van der Waals surface area contributed by atoms with E-state index in [4.69, 9.17) is 0 Å². The molecule has 0 radical (unpaired) electrons. The van der Waals surface area contributed by atoms with E-state index in [1.54, 1.807) is 30.3 Å². The van der Waals surface area contributed by atoms with E-state index in [-0.39, 0.29) is 12.3 Å². The summed E-state index contributed by atoms with van der Waals surface area (Å²) >= 11 is 0. The Kier molecular flexibility index (Phi) is 2.90. The lowest BCUT2D eigenvalue weighted by Gasteiger charge is -2.10. The molecule has 0 spiro atoms. The summed E-state index contributed by atoms with van der Waals surface area (Å²) in [5.41, 5.74) is 0.168. The average Bonchev–Trinajstić information content (AvgIpc) is 3.06. The van der Waals surface area contributed by atoms with Gasteiger partial charge < -0.3 is 0 Å². The maximum Gasteiger partial charge on any atom is 0.359 e. The molecule has 0 aliphatic carbocycles. The second-order valence-corrected chi connectivity index (χ2v) is 5.42. The van der Waals surface area contributed by atoms with Gasteiger partial charge in [0.2, 0.25) is 0 Å². The third-order valence-electron chi connectivity index (χ3n) is 4.07. The van der Waals surface area contributed by atoms with Crippen LogP contribution in [0.5, 0.6) is 0 Å². The molecular formula is C17H13N3O3. The highest BCUT2D eigenvalue weighted by atomic mass is 16.2. The summed E-state index contributed by atoms with van der Waals surface area (Å²) in [5, 5.41) is 0. The van der Waals surface area contributed by atoms with Crippen molar-refractivity contribution in [3.63, 3.8) is 0 Å². The summed E-state index contributed by atoms with van der Waals surface area (Å²) in [5.74, 6) is -0.365. The first-order valence-electron chi connectivity index (χ1n) is 7.28. The molecule has 0 saturated carbocycles.